The number of fused-ring (bicyclic) bond motifs is 1. The molecule has 0 saturated carbocycles. The lowest BCUT2D eigenvalue weighted by molar-refractivity contribution is 0.102. The first-order chi connectivity index (χ1) is 9.78. The molecule has 0 saturated heterocycles. The molecule has 1 aliphatic rings. The van der Waals surface area contributed by atoms with Crippen molar-refractivity contribution in [1.29, 1.82) is 0 Å². The molecule has 0 unspecified atom stereocenters. The average Bonchev–Trinajstić information content (AvgIpc) is 2.51. The molecule has 0 N–H and O–H groups in total. The fourth-order valence-corrected chi connectivity index (χ4v) is 2.55. The number of carbonyl (C=O) groups excluding carboxylic acids is 1. The van der Waals surface area contributed by atoms with Crippen LogP contribution in [0.2, 0.25) is 0 Å². The zero-order chi connectivity index (χ0) is 13.9. The zero-order valence-electron chi connectivity index (χ0n) is 11.4. The molecule has 0 heterocycles. The van der Waals surface area contributed by atoms with Gasteiger partial charge in [-0.3, -0.25) is 4.79 Å². The minimum absolute atomic E-state index is 0.155. The molecule has 0 radical (unpaired) electrons. The number of benzene rings is 2. The van der Waals surface area contributed by atoms with E-state index < -0.39 is 0 Å². The van der Waals surface area contributed by atoms with E-state index in [1.807, 2.05) is 54.6 Å². The summed E-state index contributed by atoms with van der Waals surface area (Å²) in [6.07, 6.45) is 3.73. The number of aryl methyl sites for hydroxylation is 1. The average molecular weight is 264 g/mol. The van der Waals surface area contributed by atoms with E-state index in [4.69, 9.17) is 4.74 Å². The van der Waals surface area contributed by atoms with Gasteiger partial charge in [-0.15, -0.1) is 0 Å². The van der Waals surface area contributed by atoms with Crippen LogP contribution in [0.1, 0.15) is 27.9 Å². The largest absolute Gasteiger partial charge is 0.497 e. The van der Waals surface area contributed by atoms with Crippen molar-refractivity contribution in [3.05, 3.63) is 70.8 Å². The predicted molar refractivity (Wildman–Crippen MR) is 80.1 cm³/mol. The van der Waals surface area contributed by atoms with Crippen LogP contribution in [-0.2, 0) is 6.42 Å². The molecule has 0 aromatic heterocycles. The van der Waals surface area contributed by atoms with E-state index in [2.05, 4.69) is 0 Å². The lowest BCUT2D eigenvalue weighted by Gasteiger charge is -2.17. The van der Waals surface area contributed by atoms with Crippen LogP contribution in [0.4, 0.5) is 0 Å². The van der Waals surface area contributed by atoms with Crippen molar-refractivity contribution in [1.82, 2.24) is 0 Å². The van der Waals surface area contributed by atoms with Crippen LogP contribution in [0.3, 0.4) is 0 Å². The third-order valence-corrected chi connectivity index (χ3v) is 3.67. The highest BCUT2D eigenvalue weighted by atomic mass is 16.5. The van der Waals surface area contributed by atoms with Crippen molar-refractivity contribution in [2.45, 2.75) is 12.8 Å². The number of allylic oxidation sites excluding steroid dienone is 1. The SMILES string of the molecule is COc1ccc(/C=C2/CCc3ccccc3C2=O)cc1. The summed E-state index contributed by atoms with van der Waals surface area (Å²) >= 11 is 0. The molecule has 2 nitrogen and oxygen atoms in total. The maximum absolute atomic E-state index is 12.5. The molecular weight excluding hydrogens is 248 g/mol. The Hall–Kier alpha value is -2.35. The summed E-state index contributed by atoms with van der Waals surface area (Å²) in [6, 6.07) is 15.6. The number of hydrogen-bond acceptors (Lipinski definition) is 2. The summed E-state index contributed by atoms with van der Waals surface area (Å²) in [5, 5.41) is 0. The van der Waals surface area contributed by atoms with E-state index in [9.17, 15) is 4.79 Å². The van der Waals surface area contributed by atoms with E-state index in [0.717, 1.165) is 40.9 Å². The minimum Gasteiger partial charge on any atom is -0.497 e. The number of rotatable bonds is 2. The van der Waals surface area contributed by atoms with Crippen LogP contribution in [0.5, 0.6) is 5.75 Å². The van der Waals surface area contributed by atoms with Crippen molar-refractivity contribution in [2.24, 2.45) is 0 Å². The maximum Gasteiger partial charge on any atom is 0.189 e. The molecule has 1 aliphatic carbocycles. The standard InChI is InChI=1S/C18H16O2/c1-20-16-10-6-13(7-11-16)12-15-9-8-14-4-2-3-5-17(14)18(15)19/h2-7,10-12H,8-9H2,1H3/b15-12-. The first kappa shape index (κ1) is 12.7. The van der Waals surface area contributed by atoms with Gasteiger partial charge in [0.1, 0.15) is 5.75 Å². The van der Waals surface area contributed by atoms with Gasteiger partial charge in [-0.2, -0.15) is 0 Å². The van der Waals surface area contributed by atoms with Crippen LogP contribution in [0.25, 0.3) is 6.08 Å². The first-order valence-electron chi connectivity index (χ1n) is 6.75. The van der Waals surface area contributed by atoms with Crippen LogP contribution in [0.15, 0.2) is 54.1 Å². The van der Waals surface area contributed by atoms with Crippen molar-refractivity contribution in [2.75, 3.05) is 7.11 Å². The molecule has 2 heteroatoms. The van der Waals surface area contributed by atoms with Gasteiger partial charge >= 0.3 is 0 Å². The Morgan fingerprint density at radius 3 is 2.50 bits per heavy atom. The second-order valence-electron chi connectivity index (χ2n) is 4.93. The summed E-state index contributed by atoms with van der Waals surface area (Å²) in [5.41, 5.74) is 3.92. The van der Waals surface area contributed by atoms with Gasteiger partial charge in [-0.1, -0.05) is 36.4 Å². The van der Waals surface area contributed by atoms with Crippen LogP contribution >= 0.6 is 0 Å². The number of methoxy groups -OCH3 is 1. The quantitative estimate of drug-likeness (QED) is 0.769. The van der Waals surface area contributed by atoms with Gasteiger partial charge in [0.05, 0.1) is 7.11 Å². The monoisotopic (exact) mass is 264 g/mol. The second kappa shape index (κ2) is 5.33. The van der Waals surface area contributed by atoms with Crippen LogP contribution in [0, 0.1) is 0 Å². The fraction of sp³-hybridized carbons (Fsp3) is 0.167. The summed E-state index contributed by atoms with van der Waals surface area (Å²) in [4.78, 5) is 12.5. The molecule has 20 heavy (non-hydrogen) atoms. The lowest BCUT2D eigenvalue weighted by atomic mass is 9.86. The normalized spacial score (nSPS) is 16.1. The van der Waals surface area contributed by atoms with Gasteiger partial charge in [0.2, 0.25) is 0 Å². The molecule has 0 bridgehead atoms. The lowest BCUT2D eigenvalue weighted by Crippen LogP contribution is -2.13. The third kappa shape index (κ3) is 2.37. The molecule has 0 spiro atoms. The van der Waals surface area contributed by atoms with E-state index in [1.54, 1.807) is 7.11 Å². The van der Waals surface area contributed by atoms with E-state index in [-0.39, 0.29) is 5.78 Å². The first-order valence-corrected chi connectivity index (χ1v) is 6.75. The van der Waals surface area contributed by atoms with Gasteiger partial charge < -0.3 is 4.74 Å². The zero-order valence-corrected chi connectivity index (χ0v) is 11.4. The summed E-state index contributed by atoms with van der Waals surface area (Å²) in [5.74, 6) is 0.982. The van der Waals surface area contributed by atoms with Crippen LogP contribution in [-0.4, -0.2) is 12.9 Å². The maximum atomic E-state index is 12.5. The highest BCUT2D eigenvalue weighted by Crippen LogP contribution is 2.26. The van der Waals surface area contributed by atoms with Gasteiger partial charge in [0.25, 0.3) is 0 Å². The molecular formula is C18H16O2. The molecule has 2 aromatic rings. The van der Waals surface area contributed by atoms with Gasteiger partial charge in [0.15, 0.2) is 5.78 Å². The number of carbonyl (C=O) groups is 1. The summed E-state index contributed by atoms with van der Waals surface area (Å²) in [6.45, 7) is 0. The van der Waals surface area contributed by atoms with Crippen molar-refractivity contribution < 1.29 is 9.53 Å². The van der Waals surface area contributed by atoms with E-state index >= 15 is 0 Å². The van der Waals surface area contributed by atoms with Crippen molar-refractivity contribution in [3.63, 3.8) is 0 Å². The predicted octanol–water partition coefficient (Wildman–Crippen LogP) is 3.91. The minimum atomic E-state index is 0.155. The number of ether oxygens (including phenoxy) is 1. The number of hydrogen-bond donors (Lipinski definition) is 0. The molecule has 0 fully saturated rings. The fourth-order valence-electron chi connectivity index (χ4n) is 2.55. The Kier molecular flexibility index (Phi) is 3.38. The Morgan fingerprint density at radius 1 is 1.00 bits per heavy atom. The molecule has 0 atom stereocenters. The third-order valence-electron chi connectivity index (χ3n) is 3.67. The number of Topliss-reactive ketones (excluding diaryl/α,β-unsaturated/α-hetero) is 1. The highest BCUT2D eigenvalue weighted by molar-refractivity contribution is 6.13. The van der Waals surface area contributed by atoms with Gasteiger partial charge in [-0.05, 0) is 42.2 Å². The Morgan fingerprint density at radius 2 is 1.75 bits per heavy atom. The Labute approximate surface area is 118 Å². The Balaban J connectivity index is 1.91. The van der Waals surface area contributed by atoms with Crippen molar-refractivity contribution in [3.8, 4) is 5.75 Å². The molecule has 2 aromatic carbocycles. The smallest absolute Gasteiger partial charge is 0.189 e. The molecule has 0 aliphatic heterocycles. The van der Waals surface area contributed by atoms with Gasteiger partial charge in [-0.25, -0.2) is 0 Å². The topological polar surface area (TPSA) is 26.3 Å². The second-order valence-corrected chi connectivity index (χ2v) is 4.93. The van der Waals surface area contributed by atoms with E-state index in [0.29, 0.717) is 0 Å². The molecule has 3 rings (SSSR count). The molecule has 0 amide bonds. The Bertz CT molecular complexity index is 666. The van der Waals surface area contributed by atoms with Crippen LogP contribution < -0.4 is 4.74 Å². The van der Waals surface area contributed by atoms with Gasteiger partial charge in [0, 0.05) is 11.1 Å². The molecule has 100 valence electrons. The summed E-state index contributed by atoms with van der Waals surface area (Å²) in [7, 11) is 1.65. The van der Waals surface area contributed by atoms with Crippen molar-refractivity contribution >= 4 is 11.9 Å². The van der Waals surface area contributed by atoms with E-state index in [1.165, 1.54) is 0 Å². The number of ketones is 1. The summed E-state index contributed by atoms with van der Waals surface area (Å²) < 4.78 is 5.14. The highest BCUT2D eigenvalue weighted by Gasteiger charge is 2.20.